The van der Waals surface area contributed by atoms with E-state index >= 15 is 0 Å². The fourth-order valence-corrected chi connectivity index (χ4v) is 4.32. The molecule has 1 aliphatic rings. The van der Waals surface area contributed by atoms with Crippen LogP contribution in [0.5, 0.6) is 11.5 Å². The van der Waals surface area contributed by atoms with Crippen molar-refractivity contribution in [3.05, 3.63) is 89.6 Å². The highest BCUT2D eigenvalue weighted by Crippen LogP contribution is 2.40. The number of nitrogens with one attached hydrogen (secondary N) is 2. The molecular weight excluding hydrogens is 416 g/mol. The molecule has 1 amide bonds. The van der Waals surface area contributed by atoms with E-state index in [0.717, 1.165) is 28.0 Å². The number of carbonyl (C=O) groups is 1. The number of para-hydroxylation sites is 4. The third-order valence-corrected chi connectivity index (χ3v) is 5.84. The number of hydrogen-bond acceptors (Lipinski definition) is 5. The second-order valence-corrected chi connectivity index (χ2v) is 7.79. The number of imidazole rings is 1. The van der Waals surface area contributed by atoms with Crippen LogP contribution in [-0.2, 0) is 4.79 Å². The van der Waals surface area contributed by atoms with Gasteiger partial charge in [-0.15, -0.1) is 0 Å². The fourth-order valence-electron chi connectivity index (χ4n) is 4.32. The van der Waals surface area contributed by atoms with E-state index in [0.29, 0.717) is 23.0 Å². The summed E-state index contributed by atoms with van der Waals surface area (Å²) in [6.45, 7) is 1.90. The van der Waals surface area contributed by atoms with E-state index in [1.165, 1.54) is 0 Å². The van der Waals surface area contributed by atoms with E-state index in [-0.39, 0.29) is 5.91 Å². The lowest BCUT2D eigenvalue weighted by molar-refractivity contribution is -0.113. The average molecular weight is 441 g/mol. The Hall–Kier alpha value is -4.26. The van der Waals surface area contributed by atoms with Crippen molar-refractivity contribution >= 4 is 28.6 Å². The summed E-state index contributed by atoms with van der Waals surface area (Å²) >= 11 is 0. The van der Waals surface area contributed by atoms with Gasteiger partial charge in [-0.25, -0.2) is 4.98 Å². The van der Waals surface area contributed by atoms with Crippen LogP contribution in [0.25, 0.3) is 11.0 Å². The minimum Gasteiger partial charge on any atom is -0.497 e. The Labute approximate surface area is 191 Å². The molecule has 3 aromatic carbocycles. The maximum atomic E-state index is 13.7. The molecule has 4 aromatic rings. The standard InChI is InChI=1S/C26H24N4O3/c1-16-23(25(31)28-20-12-5-7-14-22(20)33-3)24(17-9-8-10-18(15-17)32-2)30-21-13-6-4-11-19(21)29-26(30)27-16/h4-15,24H,1-3H3,(H,27,29)(H,28,31)/t24-/m0/s1. The Balaban J connectivity index is 1.67. The maximum Gasteiger partial charge on any atom is 0.255 e. The van der Waals surface area contributed by atoms with E-state index < -0.39 is 6.04 Å². The normalized spacial score (nSPS) is 15.1. The van der Waals surface area contributed by atoms with Crippen LogP contribution in [0, 0.1) is 0 Å². The molecule has 0 fully saturated rings. The Bertz CT molecular complexity index is 1390. The Kier molecular flexibility index (Phi) is 5.22. The third-order valence-electron chi connectivity index (χ3n) is 5.84. The number of carbonyl (C=O) groups excluding carboxylic acids is 1. The molecule has 2 heterocycles. The highest BCUT2D eigenvalue weighted by molar-refractivity contribution is 6.07. The monoisotopic (exact) mass is 440 g/mol. The van der Waals surface area contributed by atoms with Crippen LogP contribution in [0.2, 0.25) is 0 Å². The zero-order chi connectivity index (χ0) is 22.9. The molecule has 33 heavy (non-hydrogen) atoms. The largest absolute Gasteiger partial charge is 0.497 e. The molecule has 1 aliphatic heterocycles. The van der Waals surface area contributed by atoms with Gasteiger partial charge >= 0.3 is 0 Å². The van der Waals surface area contributed by atoms with Gasteiger partial charge in [0.2, 0.25) is 5.95 Å². The number of allylic oxidation sites excluding steroid dienone is 1. The predicted molar refractivity (Wildman–Crippen MR) is 129 cm³/mol. The van der Waals surface area contributed by atoms with Crippen molar-refractivity contribution < 1.29 is 14.3 Å². The third kappa shape index (κ3) is 3.57. The van der Waals surface area contributed by atoms with Crippen LogP contribution in [-0.4, -0.2) is 29.7 Å². The molecule has 0 aliphatic carbocycles. The molecular formula is C26H24N4O3. The van der Waals surface area contributed by atoms with Crippen molar-refractivity contribution in [2.75, 3.05) is 24.9 Å². The van der Waals surface area contributed by atoms with Crippen LogP contribution >= 0.6 is 0 Å². The van der Waals surface area contributed by atoms with Gasteiger partial charge in [-0.05, 0) is 48.9 Å². The van der Waals surface area contributed by atoms with Crippen molar-refractivity contribution in [1.29, 1.82) is 0 Å². The summed E-state index contributed by atoms with van der Waals surface area (Å²) < 4.78 is 13.0. The van der Waals surface area contributed by atoms with E-state index in [2.05, 4.69) is 15.2 Å². The number of rotatable bonds is 5. The van der Waals surface area contributed by atoms with Crippen molar-refractivity contribution in [2.45, 2.75) is 13.0 Å². The van der Waals surface area contributed by atoms with Crippen LogP contribution in [0.3, 0.4) is 0 Å². The Morgan fingerprint density at radius 3 is 2.61 bits per heavy atom. The molecule has 7 heteroatoms. The molecule has 1 atom stereocenters. The number of nitrogens with zero attached hydrogens (tertiary/aromatic N) is 2. The smallest absolute Gasteiger partial charge is 0.255 e. The first-order chi connectivity index (χ1) is 16.1. The molecule has 7 nitrogen and oxygen atoms in total. The van der Waals surface area contributed by atoms with E-state index in [4.69, 9.17) is 14.5 Å². The summed E-state index contributed by atoms with van der Waals surface area (Å²) in [4.78, 5) is 18.5. The zero-order valence-corrected chi connectivity index (χ0v) is 18.6. The first-order valence-electron chi connectivity index (χ1n) is 10.6. The van der Waals surface area contributed by atoms with Gasteiger partial charge in [0, 0.05) is 5.70 Å². The molecule has 5 rings (SSSR count). The molecule has 1 aromatic heterocycles. The van der Waals surface area contributed by atoms with E-state index in [9.17, 15) is 4.79 Å². The van der Waals surface area contributed by atoms with Gasteiger partial charge in [0.1, 0.15) is 11.5 Å². The summed E-state index contributed by atoms with van der Waals surface area (Å²) in [6.07, 6.45) is 0. The van der Waals surface area contributed by atoms with Gasteiger partial charge < -0.3 is 20.1 Å². The summed E-state index contributed by atoms with van der Waals surface area (Å²) in [7, 11) is 3.22. The Morgan fingerprint density at radius 2 is 1.79 bits per heavy atom. The molecule has 166 valence electrons. The summed E-state index contributed by atoms with van der Waals surface area (Å²) in [6, 6.07) is 22.6. The molecule has 0 saturated heterocycles. The summed E-state index contributed by atoms with van der Waals surface area (Å²) in [5, 5.41) is 6.37. The summed E-state index contributed by atoms with van der Waals surface area (Å²) in [5.41, 5.74) is 4.64. The van der Waals surface area contributed by atoms with Crippen molar-refractivity contribution in [3.8, 4) is 11.5 Å². The SMILES string of the molecule is COc1cccc([C@H]2C(C(=O)Nc3ccccc3OC)=C(C)Nc3nc4ccccc4n32)c1. The quantitative estimate of drug-likeness (QED) is 0.458. The fraction of sp³-hybridized carbons (Fsp3) is 0.154. The lowest BCUT2D eigenvalue weighted by Gasteiger charge is -2.31. The maximum absolute atomic E-state index is 13.7. The van der Waals surface area contributed by atoms with Gasteiger partial charge in [-0.1, -0.05) is 36.4 Å². The van der Waals surface area contributed by atoms with E-state index in [1.54, 1.807) is 14.2 Å². The first-order valence-corrected chi connectivity index (χ1v) is 10.6. The number of amides is 1. The highest BCUT2D eigenvalue weighted by Gasteiger charge is 2.34. The minimum atomic E-state index is -0.404. The lowest BCUT2D eigenvalue weighted by Crippen LogP contribution is -2.31. The topological polar surface area (TPSA) is 77.4 Å². The highest BCUT2D eigenvalue weighted by atomic mass is 16.5. The predicted octanol–water partition coefficient (Wildman–Crippen LogP) is 4.98. The van der Waals surface area contributed by atoms with E-state index in [1.807, 2.05) is 79.7 Å². The zero-order valence-electron chi connectivity index (χ0n) is 18.6. The average Bonchev–Trinajstić information content (AvgIpc) is 3.21. The number of ether oxygens (including phenoxy) is 2. The van der Waals surface area contributed by atoms with Crippen molar-refractivity contribution in [1.82, 2.24) is 9.55 Å². The molecule has 0 radical (unpaired) electrons. The van der Waals surface area contributed by atoms with Gasteiger partial charge in [-0.3, -0.25) is 9.36 Å². The number of methoxy groups -OCH3 is 2. The number of aromatic nitrogens is 2. The van der Waals surface area contributed by atoms with Gasteiger partial charge in [0.05, 0.1) is 42.6 Å². The van der Waals surface area contributed by atoms with Crippen LogP contribution in [0.1, 0.15) is 18.5 Å². The molecule has 0 spiro atoms. The number of anilines is 2. The number of hydrogen-bond donors (Lipinski definition) is 2. The second-order valence-electron chi connectivity index (χ2n) is 7.79. The lowest BCUT2D eigenvalue weighted by atomic mass is 9.94. The van der Waals surface area contributed by atoms with Crippen molar-refractivity contribution in [2.24, 2.45) is 0 Å². The summed E-state index contributed by atoms with van der Waals surface area (Å²) in [5.74, 6) is 1.79. The first kappa shape index (κ1) is 20.6. The molecule has 0 unspecified atom stereocenters. The Morgan fingerprint density at radius 1 is 1.00 bits per heavy atom. The van der Waals surface area contributed by atoms with Crippen LogP contribution in [0.15, 0.2) is 84.1 Å². The minimum absolute atomic E-state index is 0.222. The number of benzene rings is 3. The van der Waals surface area contributed by atoms with Gasteiger partial charge in [0.25, 0.3) is 5.91 Å². The van der Waals surface area contributed by atoms with Crippen LogP contribution in [0.4, 0.5) is 11.6 Å². The number of fused-ring (bicyclic) bond motifs is 3. The second kappa shape index (κ2) is 8.35. The molecule has 0 saturated carbocycles. The molecule has 2 N–H and O–H groups in total. The molecule has 0 bridgehead atoms. The van der Waals surface area contributed by atoms with Gasteiger partial charge in [-0.2, -0.15) is 0 Å². The van der Waals surface area contributed by atoms with Gasteiger partial charge in [0.15, 0.2) is 0 Å². The van der Waals surface area contributed by atoms with Crippen LogP contribution < -0.4 is 20.1 Å². The van der Waals surface area contributed by atoms with Crippen molar-refractivity contribution in [3.63, 3.8) is 0 Å².